The van der Waals surface area contributed by atoms with Gasteiger partial charge in [-0.25, -0.2) is 9.97 Å². The van der Waals surface area contributed by atoms with Crippen LogP contribution < -0.4 is 10.2 Å². The van der Waals surface area contributed by atoms with Gasteiger partial charge in [0.15, 0.2) is 0 Å². The Morgan fingerprint density at radius 2 is 1.77 bits per heavy atom. The van der Waals surface area contributed by atoms with Crippen molar-refractivity contribution in [1.29, 1.82) is 0 Å². The van der Waals surface area contributed by atoms with Gasteiger partial charge in [-0.1, -0.05) is 17.7 Å². The number of aryl methyl sites for hydroxylation is 4. The van der Waals surface area contributed by atoms with Crippen LogP contribution in [0, 0.1) is 20.8 Å². The van der Waals surface area contributed by atoms with Crippen LogP contribution in [0.4, 0.5) is 17.3 Å². The average Bonchev–Trinajstić information content (AvgIpc) is 3.18. The Morgan fingerprint density at radius 1 is 1.03 bits per heavy atom. The first-order chi connectivity index (χ1) is 15.0. The Kier molecular flexibility index (Phi) is 6.51. The summed E-state index contributed by atoms with van der Waals surface area (Å²) in [5.41, 5.74) is 3.52. The van der Waals surface area contributed by atoms with Crippen molar-refractivity contribution < 1.29 is 4.79 Å². The number of benzene rings is 1. The Morgan fingerprint density at radius 3 is 2.45 bits per heavy atom. The summed E-state index contributed by atoms with van der Waals surface area (Å²) in [7, 11) is 0. The van der Waals surface area contributed by atoms with Gasteiger partial charge in [0, 0.05) is 49.2 Å². The van der Waals surface area contributed by atoms with Crippen molar-refractivity contribution in [3.05, 3.63) is 63.6 Å². The molecule has 0 unspecified atom stereocenters. The summed E-state index contributed by atoms with van der Waals surface area (Å²) in [6, 6.07) is 12.4. The summed E-state index contributed by atoms with van der Waals surface area (Å²) in [6.07, 6.45) is 1.42. The van der Waals surface area contributed by atoms with Crippen LogP contribution >= 0.6 is 11.3 Å². The number of amides is 1. The highest BCUT2D eigenvalue weighted by Crippen LogP contribution is 2.22. The molecule has 7 heteroatoms. The lowest BCUT2D eigenvalue weighted by molar-refractivity contribution is -0.131. The predicted molar refractivity (Wildman–Crippen MR) is 127 cm³/mol. The first-order valence-corrected chi connectivity index (χ1v) is 11.6. The van der Waals surface area contributed by atoms with Crippen molar-refractivity contribution in [3.63, 3.8) is 0 Å². The molecule has 1 fully saturated rings. The van der Waals surface area contributed by atoms with Crippen molar-refractivity contribution in [2.75, 3.05) is 36.4 Å². The molecule has 6 nitrogen and oxygen atoms in total. The van der Waals surface area contributed by atoms with Crippen molar-refractivity contribution >= 4 is 34.6 Å². The molecule has 2 aromatic heterocycles. The predicted octanol–water partition coefficient (Wildman–Crippen LogP) is 4.49. The topological polar surface area (TPSA) is 61.4 Å². The summed E-state index contributed by atoms with van der Waals surface area (Å²) in [5.74, 6) is 2.67. The number of hydrogen-bond acceptors (Lipinski definition) is 6. The Hall–Kier alpha value is -2.93. The highest BCUT2D eigenvalue weighted by Gasteiger charge is 2.22. The van der Waals surface area contributed by atoms with Gasteiger partial charge in [-0.05, 0) is 56.3 Å². The van der Waals surface area contributed by atoms with E-state index in [9.17, 15) is 4.79 Å². The fraction of sp³-hybridized carbons (Fsp3) is 0.375. The number of anilines is 3. The van der Waals surface area contributed by atoms with Gasteiger partial charge in [0.05, 0.1) is 0 Å². The smallest absolute Gasteiger partial charge is 0.223 e. The molecule has 0 saturated carbocycles. The van der Waals surface area contributed by atoms with Gasteiger partial charge in [-0.3, -0.25) is 4.79 Å². The van der Waals surface area contributed by atoms with Crippen LogP contribution in [0.3, 0.4) is 0 Å². The van der Waals surface area contributed by atoms with Gasteiger partial charge in [0.2, 0.25) is 5.91 Å². The Balaban J connectivity index is 1.34. The van der Waals surface area contributed by atoms with E-state index >= 15 is 0 Å². The Bertz CT molecular complexity index is 1040. The van der Waals surface area contributed by atoms with E-state index in [1.165, 1.54) is 16.0 Å². The molecule has 31 heavy (non-hydrogen) atoms. The van der Waals surface area contributed by atoms with Gasteiger partial charge in [0.25, 0.3) is 0 Å². The first-order valence-electron chi connectivity index (χ1n) is 10.7. The van der Waals surface area contributed by atoms with E-state index in [2.05, 4.69) is 69.7 Å². The van der Waals surface area contributed by atoms with Gasteiger partial charge in [0.1, 0.15) is 17.5 Å². The lowest BCUT2D eigenvalue weighted by Crippen LogP contribution is -2.49. The number of carbonyl (C=O) groups is 1. The zero-order valence-corrected chi connectivity index (χ0v) is 19.2. The zero-order valence-electron chi connectivity index (χ0n) is 18.4. The zero-order chi connectivity index (χ0) is 21.8. The van der Waals surface area contributed by atoms with Crippen LogP contribution in [0.5, 0.6) is 0 Å². The molecule has 1 aliphatic rings. The number of nitrogens with zero attached hydrogens (tertiary/aromatic N) is 4. The molecular weight excluding hydrogens is 406 g/mol. The normalized spacial score (nSPS) is 14.0. The van der Waals surface area contributed by atoms with Crippen LogP contribution in [0.2, 0.25) is 0 Å². The minimum atomic E-state index is 0.244. The third kappa shape index (κ3) is 5.41. The molecule has 1 amide bonds. The molecule has 0 spiro atoms. The maximum Gasteiger partial charge on any atom is 0.223 e. The van der Waals surface area contributed by atoms with E-state index in [-0.39, 0.29) is 5.91 Å². The molecule has 1 saturated heterocycles. The van der Waals surface area contributed by atoms with Crippen molar-refractivity contribution in [2.24, 2.45) is 0 Å². The molecule has 0 radical (unpaired) electrons. The number of carbonyl (C=O) groups excluding carboxylic acids is 1. The van der Waals surface area contributed by atoms with Crippen molar-refractivity contribution in [1.82, 2.24) is 14.9 Å². The monoisotopic (exact) mass is 435 g/mol. The molecule has 1 N–H and O–H groups in total. The van der Waals surface area contributed by atoms with Gasteiger partial charge in [-0.15, -0.1) is 11.3 Å². The highest BCUT2D eigenvalue weighted by atomic mass is 32.1. The second kappa shape index (κ2) is 9.47. The average molecular weight is 436 g/mol. The van der Waals surface area contributed by atoms with E-state index in [0.717, 1.165) is 55.7 Å². The first kappa shape index (κ1) is 21.3. The highest BCUT2D eigenvalue weighted by molar-refractivity contribution is 7.10. The SMILES string of the molecule is Cc1ccc(Nc2cc(N3CCN(C(=O)CCc4sccc4C)CC3)nc(C)n2)cc1. The van der Waals surface area contributed by atoms with Crippen LogP contribution in [0.15, 0.2) is 41.8 Å². The standard InChI is InChI=1S/C24H29N5OS/c1-17-4-6-20(7-5-17)27-22-16-23(26-19(3)25-22)28-11-13-29(14-12-28)24(30)9-8-21-18(2)10-15-31-21/h4-7,10,15-16H,8-9,11-14H2,1-3H3,(H,25,26,27). The van der Waals surface area contributed by atoms with Gasteiger partial charge >= 0.3 is 0 Å². The maximum atomic E-state index is 12.7. The minimum absolute atomic E-state index is 0.244. The minimum Gasteiger partial charge on any atom is -0.353 e. The number of piperazine rings is 1. The number of aromatic nitrogens is 2. The summed E-state index contributed by atoms with van der Waals surface area (Å²) < 4.78 is 0. The van der Waals surface area contributed by atoms with E-state index in [1.807, 2.05) is 17.9 Å². The van der Waals surface area contributed by atoms with Crippen LogP contribution in [-0.4, -0.2) is 47.0 Å². The van der Waals surface area contributed by atoms with E-state index in [1.54, 1.807) is 11.3 Å². The molecule has 1 aliphatic heterocycles. The third-order valence-corrected chi connectivity index (χ3v) is 6.72. The number of hydrogen-bond donors (Lipinski definition) is 1. The molecule has 1 aromatic carbocycles. The van der Waals surface area contributed by atoms with E-state index in [4.69, 9.17) is 0 Å². The molecular formula is C24H29N5OS. The lowest BCUT2D eigenvalue weighted by atomic mass is 10.2. The fourth-order valence-corrected chi connectivity index (χ4v) is 4.70. The number of nitrogens with one attached hydrogen (secondary N) is 1. The molecule has 0 atom stereocenters. The summed E-state index contributed by atoms with van der Waals surface area (Å²) >= 11 is 1.74. The maximum absolute atomic E-state index is 12.7. The quantitative estimate of drug-likeness (QED) is 0.618. The third-order valence-electron chi connectivity index (χ3n) is 5.64. The van der Waals surface area contributed by atoms with Crippen LogP contribution in [0.25, 0.3) is 0 Å². The summed E-state index contributed by atoms with van der Waals surface area (Å²) in [6.45, 7) is 9.12. The molecule has 162 valence electrons. The van der Waals surface area contributed by atoms with Crippen LogP contribution in [0.1, 0.15) is 28.2 Å². The largest absolute Gasteiger partial charge is 0.353 e. The van der Waals surface area contributed by atoms with Gasteiger partial charge in [-0.2, -0.15) is 0 Å². The molecule has 3 aromatic rings. The number of thiophene rings is 1. The summed E-state index contributed by atoms with van der Waals surface area (Å²) in [4.78, 5) is 27.4. The fourth-order valence-electron chi connectivity index (χ4n) is 3.79. The van der Waals surface area contributed by atoms with Crippen LogP contribution in [-0.2, 0) is 11.2 Å². The van der Waals surface area contributed by atoms with E-state index < -0.39 is 0 Å². The second-order valence-corrected chi connectivity index (χ2v) is 9.04. The van der Waals surface area contributed by atoms with Crippen molar-refractivity contribution in [2.45, 2.75) is 33.6 Å². The molecule has 3 heterocycles. The van der Waals surface area contributed by atoms with Gasteiger partial charge < -0.3 is 15.1 Å². The van der Waals surface area contributed by atoms with E-state index in [0.29, 0.717) is 6.42 Å². The molecule has 0 aliphatic carbocycles. The second-order valence-electron chi connectivity index (χ2n) is 8.04. The van der Waals surface area contributed by atoms with Crippen molar-refractivity contribution in [3.8, 4) is 0 Å². The Labute approximate surface area is 187 Å². The molecule has 0 bridgehead atoms. The molecule has 4 rings (SSSR count). The number of rotatable bonds is 6. The lowest BCUT2D eigenvalue weighted by Gasteiger charge is -2.35. The summed E-state index contributed by atoms with van der Waals surface area (Å²) in [5, 5.41) is 5.47.